The summed E-state index contributed by atoms with van der Waals surface area (Å²) >= 11 is 0. The number of hydrogen-bond acceptors (Lipinski definition) is 5. The van der Waals surface area contributed by atoms with E-state index in [0.717, 1.165) is 30.8 Å². The van der Waals surface area contributed by atoms with Gasteiger partial charge in [0.15, 0.2) is 0 Å². The third-order valence-corrected chi connectivity index (χ3v) is 5.87. The van der Waals surface area contributed by atoms with E-state index in [-0.39, 0.29) is 13.3 Å². The third-order valence-electron chi connectivity index (χ3n) is 5.87. The van der Waals surface area contributed by atoms with Gasteiger partial charge in [0.05, 0.1) is 26.7 Å². The minimum absolute atomic E-state index is 0. The molecule has 2 aromatic rings. The number of amides is 1. The molecule has 0 aromatic heterocycles. The molecule has 2 rings (SSSR count). The SMILES string of the molecule is C.C=CCOc1cc(C)ccc1C(=O)OC.C=CCOc1cc(C)ccc1C(=O)[N+](CC)(CC)CC. The highest BCUT2D eigenvalue weighted by atomic mass is 16.5. The monoisotopic (exact) mass is 498 g/mol. The zero-order chi connectivity index (χ0) is 26.4. The second-order valence-electron chi connectivity index (χ2n) is 8.09. The van der Waals surface area contributed by atoms with Crippen molar-refractivity contribution < 1.29 is 28.3 Å². The Kier molecular flexibility index (Phi) is 14.8. The van der Waals surface area contributed by atoms with E-state index >= 15 is 0 Å². The lowest BCUT2D eigenvalue weighted by atomic mass is 10.1. The van der Waals surface area contributed by atoms with Gasteiger partial charge in [-0.15, -0.1) is 0 Å². The van der Waals surface area contributed by atoms with Crippen LogP contribution in [0.5, 0.6) is 11.5 Å². The summed E-state index contributed by atoms with van der Waals surface area (Å²) in [6.07, 6.45) is 3.32. The van der Waals surface area contributed by atoms with Crippen LogP contribution in [0.4, 0.5) is 0 Å². The lowest BCUT2D eigenvalue weighted by Crippen LogP contribution is -2.52. The van der Waals surface area contributed by atoms with Crippen molar-refractivity contribution in [2.45, 2.75) is 42.0 Å². The highest BCUT2D eigenvalue weighted by Gasteiger charge is 2.34. The van der Waals surface area contributed by atoms with Crippen molar-refractivity contribution in [2.75, 3.05) is 40.0 Å². The lowest BCUT2D eigenvalue weighted by molar-refractivity contribution is -0.843. The van der Waals surface area contributed by atoms with Gasteiger partial charge in [-0.25, -0.2) is 9.59 Å². The molecule has 0 unspecified atom stereocenters. The Balaban J connectivity index is 0.000000687. The van der Waals surface area contributed by atoms with Crippen LogP contribution in [-0.4, -0.2) is 56.3 Å². The molecule has 6 nitrogen and oxygen atoms in total. The maximum atomic E-state index is 12.9. The Labute approximate surface area is 217 Å². The maximum Gasteiger partial charge on any atom is 0.349 e. The summed E-state index contributed by atoms with van der Waals surface area (Å²) in [6.45, 7) is 20.5. The molecule has 0 heterocycles. The third kappa shape index (κ3) is 8.68. The molecular weight excluding hydrogens is 454 g/mol. The molecule has 0 N–H and O–H groups in total. The molecule has 0 saturated heterocycles. The van der Waals surface area contributed by atoms with Crippen LogP contribution in [0.15, 0.2) is 61.7 Å². The van der Waals surface area contributed by atoms with E-state index < -0.39 is 5.97 Å². The number of methoxy groups -OCH3 is 1. The number of carbonyl (C=O) groups is 2. The van der Waals surface area contributed by atoms with Crippen LogP contribution in [0, 0.1) is 13.8 Å². The molecule has 0 aliphatic heterocycles. The molecule has 1 amide bonds. The van der Waals surface area contributed by atoms with Gasteiger partial charge in [-0.2, -0.15) is 0 Å². The molecule has 0 aliphatic rings. The van der Waals surface area contributed by atoms with Crippen LogP contribution >= 0.6 is 0 Å². The Hall–Kier alpha value is -3.38. The summed E-state index contributed by atoms with van der Waals surface area (Å²) in [7, 11) is 1.35. The molecular formula is C30H44NO5+. The Morgan fingerprint density at radius 1 is 0.806 bits per heavy atom. The number of benzene rings is 2. The topological polar surface area (TPSA) is 61.8 Å². The van der Waals surface area contributed by atoms with E-state index in [4.69, 9.17) is 9.47 Å². The molecule has 0 bridgehead atoms. The molecule has 0 spiro atoms. The van der Waals surface area contributed by atoms with Crippen LogP contribution in [0.25, 0.3) is 0 Å². The highest BCUT2D eigenvalue weighted by molar-refractivity contribution is 5.93. The number of ether oxygens (including phenoxy) is 3. The summed E-state index contributed by atoms with van der Waals surface area (Å²) < 4.78 is 16.1. The van der Waals surface area contributed by atoms with Gasteiger partial charge in [0, 0.05) is 0 Å². The standard InChI is InChI=1S/C17H26NO2.C12H14O3.CH4/c1-6-12-20-16-13-14(5)10-11-15(16)17(19)18(7-2,8-3)9-4;1-4-7-15-11-8-9(2)5-6-10(11)12(13)14-3;/h6,10-11,13H,1,7-9,12H2,2-5H3;4-6,8H,1,7H2,2-3H3;1H4/q+1;;. The van der Waals surface area contributed by atoms with Gasteiger partial charge < -0.3 is 14.2 Å². The van der Waals surface area contributed by atoms with Gasteiger partial charge in [0.1, 0.15) is 35.8 Å². The summed E-state index contributed by atoms with van der Waals surface area (Å²) in [5, 5.41) is 0. The van der Waals surface area contributed by atoms with Gasteiger partial charge in [0.2, 0.25) is 0 Å². The first-order valence-corrected chi connectivity index (χ1v) is 11.9. The maximum absolute atomic E-state index is 12.9. The number of esters is 1. The predicted octanol–water partition coefficient (Wildman–Crippen LogP) is 6.56. The van der Waals surface area contributed by atoms with E-state index in [0.29, 0.717) is 40.3 Å². The first-order chi connectivity index (χ1) is 16.7. The molecule has 2 aromatic carbocycles. The fraction of sp³-hybridized carbons (Fsp3) is 0.400. The summed E-state index contributed by atoms with van der Waals surface area (Å²) in [5.74, 6) is 0.931. The minimum atomic E-state index is -0.394. The smallest absolute Gasteiger partial charge is 0.349 e. The molecule has 0 saturated carbocycles. The molecule has 0 aliphatic carbocycles. The molecule has 0 radical (unpaired) electrons. The minimum Gasteiger partial charge on any atom is -0.489 e. The number of quaternary nitrogens is 1. The fourth-order valence-corrected chi connectivity index (χ4v) is 3.61. The van der Waals surface area contributed by atoms with Crippen molar-refractivity contribution in [3.63, 3.8) is 0 Å². The molecule has 0 fully saturated rings. The van der Waals surface area contributed by atoms with Crippen molar-refractivity contribution >= 4 is 11.9 Å². The number of aryl methyl sites for hydroxylation is 2. The van der Waals surface area contributed by atoms with Crippen molar-refractivity contribution in [2.24, 2.45) is 0 Å². The Bertz CT molecular complexity index is 1000. The zero-order valence-electron chi connectivity index (χ0n) is 22.1. The van der Waals surface area contributed by atoms with E-state index in [2.05, 4.69) is 38.7 Å². The average molecular weight is 499 g/mol. The molecule has 0 atom stereocenters. The van der Waals surface area contributed by atoms with Crippen molar-refractivity contribution in [3.8, 4) is 11.5 Å². The summed E-state index contributed by atoms with van der Waals surface area (Å²) in [5.41, 5.74) is 3.22. The van der Waals surface area contributed by atoms with Gasteiger partial charge in [-0.05, 0) is 70.0 Å². The Morgan fingerprint density at radius 2 is 1.22 bits per heavy atom. The second-order valence-corrected chi connectivity index (χ2v) is 8.09. The zero-order valence-corrected chi connectivity index (χ0v) is 22.1. The van der Waals surface area contributed by atoms with E-state index in [9.17, 15) is 9.59 Å². The van der Waals surface area contributed by atoms with E-state index in [1.54, 1.807) is 24.3 Å². The van der Waals surface area contributed by atoms with Crippen molar-refractivity contribution in [3.05, 3.63) is 84.0 Å². The fourth-order valence-electron chi connectivity index (χ4n) is 3.61. The van der Waals surface area contributed by atoms with Crippen LogP contribution < -0.4 is 9.47 Å². The van der Waals surface area contributed by atoms with E-state index in [1.807, 2.05) is 38.1 Å². The van der Waals surface area contributed by atoms with Crippen LogP contribution in [0.1, 0.15) is 60.0 Å². The normalized spacial score (nSPS) is 10.2. The predicted molar refractivity (Wildman–Crippen MR) is 148 cm³/mol. The number of nitrogens with zero attached hydrogens (tertiary/aromatic N) is 1. The lowest BCUT2D eigenvalue weighted by Gasteiger charge is -2.33. The molecule has 6 heteroatoms. The molecule has 36 heavy (non-hydrogen) atoms. The van der Waals surface area contributed by atoms with Crippen molar-refractivity contribution in [1.82, 2.24) is 0 Å². The highest BCUT2D eigenvalue weighted by Crippen LogP contribution is 2.25. The second kappa shape index (κ2) is 16.3. The summed E-state index contributed by atoms with van der Waals surface area (Å²) in [6, 6.07) is 11.1. The Morgan fingerprint density at radius 3 is 1.61 bits per heavy atom. The van der Waals surface area contributed by atoms with Gasteiger partial charge >= 0.3 is 11.9 Å². The van der Waals surface area contributed by atoms with Crippen LogP contribution in [0.2, 0.25) is 0 Å². The summed E-state index contributed by atoms with van der Waals surface area (Å²) in [4.78, 5) is 24.3. The van der Waals surface area contributed by atoms with Gasteiger partial charge in [-0.1, -0.05) is 44.9 Å². The average Bonchev–Trinajstić information content (AvgIpc) is 2.87. The first kappa shape index (κ1) is 32.6. The number of rotatable bonds is 11. The van der Waals surface area contributed by atoms with E-state index in [1.165, 1.54) is 7.11 Å². The quantitative estimate of drug-likeness (QED) is 0.199. The van der Waals surface area contributed by atoms with Crippen LogP contribution in [-0.2, 0) is 4.74 Å². The number of hydrogen-bond donors (Lipinski definition) is 0. The van der Waals surface area contributed by atoms with Crippen molar-refractivity contribution in [1.29, 1.82) is 0 Å². The molecule has 198 valence electrons. The van der Waals surface area contributed by atoms with Gasteiger partial charge in [-0.3, -0.25) is 4.48 Å². The van der Waals surface area contributed by atoms with Gasteiger partial charge in [0.25, 0.3) is 0 Å². The largest absolute Gasteiger partial charge is 0.489 e. The first-order valence-electron chi connectivity index (χ1n) is 11.9. The number of carbonyl (C=O) groups excluding carboxylic acids is 2. The van der Waals surface area contributed by atoms with Crippen LogP contribution in [0.3, 0.4) is 0 Å².